The molecule has 0 atom stereocenters. The number of rotatable bonds is 1. The van der Waals surface area contributed by atoms with Crippen molar-refractivity contribution in [2.75, 3.05) is 0 Å². The number of hydrogen-bond acceptors (Lipinski definition) is 4. The third kappa shape index (κ3) is 1.66. The molecule has 0 spiro atoms. The Morgan fingerprint density at radius 3 is 2.50 bits per heavy atom. The van der Waals surface area contributed by atoms with Gasteiger partial charge >= 0.3 is 0 Å². The van der Waals surface area contributed by atoms with Crippen molar-refractivity contribution in [3.63, 3.8) is 0 Å². The normalized spacial score (nSPS) is 11.8. The minimum Gasteiger partial charge on any atom is -0.506 e. The Morgan fingerprint density at radius 1 is 1.25 bits per heavy atom. The van der Waals surface area contributed by atoms with Gasteiger partial charge in [0, 0.05) is 16.1 Å². The topological polar surface area (TPSA) is 87.2 Å². The first-order chi connectivity index (χ1) is 7.41. The van der Waals surface area contributed by atoms with E-state index in [1.807, 2.05) is 0 Å². The number of pyridine rings is 1. The lowest BCUT2D eigenvalue weighted by Gasteiger charge is -2.03. The molecule has 1 aromatic heterocycles. The van der Waals surface area contributed by atoms with Gasteiger partial charge in [-0.1, -0.05) is 12.1 Å². The fraction of sp³-hybridized carbons (Fsp3) is 0. The van der Waals surface area contributed by atoms with Crippen LogP contribution in [-0.2, 0) is 9.05 Å². The molecule has 0 aliphatic carbocycles. The molecule has 0 aliphatic heterocycles. The van der Waals surface area contributed by atoms with Crippen molar-refractivity contribution in [1.82, 2.24) is 4.98 Å². The van der Waals surface area contributed by atoms with E-state index in [0.717, 1.165) is 0 Å². The summed E-state index contributed by atoms with van der Waals surface area (Å²) in [6.07, 6.45) is 0. The van der Waals surface area contributed by atoms with Crippen molar-refractivity contribution in [3.8, 4) is 5.75 Å². The van der Waals surface area contributed by atoms with Gasteiger partial charge in [0.05, 0.1) is 5.52 Å². The van der Waals surface area contributed by atoms with Gasteiger partial charge < -0.3 is 10.1 Å². The molecule has 7 heteroatoms. The number of aromatic amines is 1. The molecule has 0 aliphatic rings. The minimum absolute atomic E-state index is 0.223. The lowest BCUT2D eigenvalue weighted by molar-refractivity contribution is 0.464. The van der Waals surface area contributed by atoms with E-state index in [2.05, 4.69) is 4.98 Å². The zero-order valence-electron chi connectivity index (χ0n) is 7.77. The number of benzene rings is 1. The number of H-pyrrole nitrogens is 1. The van der Waals surface area contributed by atoms with Gasteiger partial charge in [-0.25, -0.2) is 8.42 Å². The summed E-state index contributed by atoms with van der Waals surface area (Å²) in [6.45, 7) is 0. The SMILES string of the molecule is O=c1[nH]c2ccccc2c(O)c1S(=O)(=O)Cl. The lowest BCUT2D eigenvalue weighted by Crippen LogP contribution is -2.14. The molecule has 0 saturated heterocycles. The smallest absolute Gasteiger partial charge is 0.272 e. The van der Waals surface area contributed by atoms with Gasteiger partial charge in [0.15, 0.2) is 10.6 Å². The van der Waals surface area contributed by atoms with E-state index in [9.17, 15) is 18.3 Å². The van der Waals surface area contributed by atoms with E-state index in [1.54, 1.807) is 18.2 Å². The van der Waals surface area contributed by atoms with Crippen molar-refractivity contribution < 1.29 is 13.5 Å². The second kappa shape index (κ2) is 3.50. The summed E-state index contributed by atoms with van der Waals surface area (Å²) in [5.41, 5.74) is -0.597. The largest absolute Gasteiger partial charge is 0.506 e. The minimum atomic E-state index is -4.28. The number of fused-ring (bicyclic) bond motifs is 1. The Hall–Kier alpha value is -1.53. The third-order valence-corrected chi connectivity index (χ3v) is 3.42. The number of aromatic hydroxyl groups is 1. The van der Waals surface area contributed by atoms with Gasteiger partial charge in [-0.05, 0) is 12.1 Å². The number of para-hydroxylation sites is 1. The van der Waals surface area contributed by atoms with Crippen molar-refractivity contribution >= 4 is 30.6 Å². The van der Waals surface area contributed by atoms with Gasteiger partial charge in [0.25, 0.3) is 14.6 Å². The molecule has 2 aromatic rings. The number of hydrogen-bond donors (Lipinski definition) is 2. The lowest BCUT2D eigenvalue weighted by atomic mass is 10.2. The van der Waals surface area contributed by atoms with Crippen molar-refractivity contribution in [1.29, 1.82) is 0 Å². The first-order valence-electron chi connectivity index (χ1n) is 4.20. The van der Waals surface area contributed by atoms with Gasteiger partial charge in [-0.2, -0.15) is 0 Å². The van der Waals surface area contributed by atoms with E-state index in [1.165, 1.54) is 6.07 Å². The van der Waals surface area contributed by atoms with Gasteiger partial charge in [-0.15, -0.1) is 0 Å². The summed E-state index contributed by atoms with van der Waals surface area (Å²) in [5.74, 6) is -0.630. The standard InChI is InChI=1S/C9H6ClNO4S/c10-16(14,15)8-7(12)5-3-1-2-4-6(5)11-9(8)13/h1-4H,(H2,11,12,13). The zero-order valence-corrected chi connectivity index (χ0v) is 9.34. The maximum absolute atomic E-state index is 11.4. The van der Waals surface area contributed by atoms with Gasteiger partial charge in [0.1, 0.15) is 0 Å². The highest BCUT2D eigenvalue weighted by Crippen LogP contribution is 2.29. The Morgan fingerprint density at radius 2 is 1.88 bits per heavy atom. The molecule has 0 amide bonds. The molecule has 1 heterocycles. The van der Waals surface area contributed by atoms with E-state index in [0.29, 0.717) is 5.52 Å². The first kappa shape index (κ1) is 11.0. The summed E-state index contributed by atoms with van der Waals surface area (Å²) in [7, 11) is 0.785. The van der Waals surface area contributed by atoms with Crippen molar-refractivity contribution in [3.05, 3.63) is 34.6 Å². The molecule has 0 bridgehead atoms. The predicted molar refractivity (Wildman–Crippen MR) is 59.3 cm³/mol. The highest BCUT2D eigenvalue weighted by atomic mass is 35.7. The Kier molecular flexibility index (Phi) is 2.40. The molecular formula is C9H6ClNO4S. The second-order valence-corrected chi connectivity index (χ2v) is 5.62. The molecule has 2 N–H and O–H groups in total. The molecular weight excluding hydrogens is 254 g/mol. The number of nitrogens with one attached hydrogen (secondary N) is 1. The number of aromatic nitrogens is 1. The molecule has 0 saturated carbocycles. The van der Waals surface area contributed by atoms with Crippen LogP contribution in [0.4, 0.5) is 0 Å². The fourth-order valence-corrected chi connectivity index (χ4v) is 2.48. The Labute approximate surface area is 94.7 Å². The van der Waals surface area contributed by atoms with Gasteiger partial charge in [0.2, 0.25) is 0 Å². The highest BCUT2D eigenvalue weighted by molar-refractivity contribution is 8.13. The summed E-state index contributed by atoms with van der Waals surface area (Å²) in [5, 5.41) is 9.91. The van der Waals surface area contributed by atoms with E-state index in [4.69, 9.17) is 10.7 Å². The molecule has 0 unspecified atom stereocenters. The van der Waals surface area contributed by atoms with Crippen LogP contribution < -0.4 is 5.56 Å². The molecule has 2 rings (SSSR count). The van der Waals surface area contributed by atoms with Crippen LogP contribution in [0.25, 0.3) is 10.9 Å². The van der Waals surface area contributed by atoms with Crippen LogP contribution in [0.5, 0.6) is 5.75 Å². The Balaban J connectivity index is 3.04. The molecule has 0 fully saturated rings. The van der Waals surface area contributed by atoms with Crippen LogP contribution in [-0.4, -0.2) is 18.5 Å². The highest BCUT2D eigenvalue weighted by Gasteiger charge is 2.22. The van der Waals surface area contributed by atoms with Crippen LogP contribution in [0, 0.1) is 0 Å². The van der Waals surface area contributed by atoms with E-state index < -0.39 is 25.3 Å². The van der Waals surface area contributed by atoms with E-state index in [-0.39, 0.29) is 5.39 Å². The fourth-order valence-electron chi connectivity index (χ4n) is 1.43. The molecule has 84 valence electrons. The third-order valence-electron chi connectivity index (χ3n) is 2.10. The van der Waals surface area contributed by atoms with Crippen LogP contribution in [0.2, 0.25) is 0 Å². The van der Waals surface area contributed by atoms with Crippen LogP contribution >= 0.6 is 10.7 Å². The van der Waals surface area contributed by atoms with Crippen LogP contribution in [0.15, 0.2) is 34.0 Å². The van der Waals surface area contributed by atoms with Gasteiger partial charge in [-0.3, -0.25) is 4.79 Å². The molecule has 0 radical (unpaired) electrons. The molecule has 5 nitrogen and oxygen atoms in total. The summed E-state index contributed by atoms with van der Waals surface area (Å²) >= 11 is 0. The zero-order chi connectivity index (χ0) is 11.9. The Bertz CT molecular complexity index is 720. The quantitative estimate of drug-likeness (QED) is 0.753. The van der Waals surface area contributed by atoms with Crippen molar-refractivity contribution in [2.45, 2.75) is 4.90 Å². The van der Waals surface area contributed by atoms with Crippen LogP contribution in [0.1, 0.15) is 0 Å². The summed E-state index contributed by atoms with van der Waals surface area (Å²) < 4.78 is 22.2. The first-order valence-corrected chi connectivity index (χ1v) is 6.51. The molecule has 16 heavy (non-hydrogen) atoms. The van der Waals surface area contributed by atoms with Crippen molar-refractivity contribution in [2.24, 2.45) is 0 Å². The maximum Gasteiger partial charge on any atom is 0.272 e. The average molecular weight is 260 g/mol. The van der Waals surface area contributed by atoms with Crippen LogP contribution in [0.3, 0.4) is 0 Å². The monoisotopic (exact) mass is 259 g/mol. The number of halogens is 1. The summed E-state index contributed by atoms with van der Waals surface area (Å²) in [6, 6.07) is 6.27. The summed E-state index contributed by atoms with van der Waals surface area (Å²) in [4.78, 5) is 12.9. The average Bonchev–Trinajstić information content (AvgIpc) is 2.15. The predicted octanol–water partition coefficient (Wildman–Crippen LogP) is 1.16. The maximum atomic E-state index is 11.4. The molecule has 1 aromatic carbocycles. The van der Waals surface area contributed by atoms with E-state index >= 15 is 0 Å². The second-order valence-electron chi connectivity index (χ2n) is 3.12.